The molecule has 0 unspecified atom stereocenters. The van der Waals surface area contributed by atoms with Crippen LogP contribution < -0.4 is 11.1 Å². The first kappa shape index (κ1) is 15.3. The van der Waals surface area contributed by atoms with E-state index in [1.807, 2.05) is 13.8 Å². The number of benzene rings is 1. The molecule has 0 aliphatic heterocycles. The first-order chi connectivity index (χ1) is 8.99. The maximum absolute atomic E-state index is 8.70. The average Bonchev–Trinajstić information content (AvgIpc) is 2.43. The van der Waals surface area contributed by atoms with Crippen molar-refractivity contribution in [3.8, 4) is 0 Å². The second-order valence-electron chi connectivity index (χ2n) is 5.45. The lowest BCUT2D eigenvalue weighted by molar-refractivity contribution is 0.305. The van der Waals surface area contributed by atoms with Crippen molar-refractivity contribution in [1.82, 2.24) is 0 Å². The number of amidine groups is 1. The number of nitrogens with two attached hydrogens (primary N) is 1. The topological polar surface area (TPSA) is 70.6 Å². The number of oxime groups is 1. The van der Waals surface area contributed by atoms with Gasteiger partial charge in [-0.3, -0.25) is 0 Å². The Morgan fingerprint density at radius 1 is 1.32 bits per heavy atom. The molecule has 0 fully saturated rings. The van der Waals surface area contributed by atoms with E-state index in [0.29, 0.717) is 5.84 Å². The third-order valence-electron chi connectivity index (χ3n) is 3.47. The van der Waals surface area contributed by atoms with Gasteiger partial charge in [0.1, 0.15) is 5.84 Å². The molecule has 1 aromatic carbocycles. The lowest BCUT2D eigenvalue weighted by Gasteiger charge is -2.22. The van der Waals surface area contributed by atoms with Gasteiger partial charge in [-0.25, -0.2) is 0 Å². The number of nitrogens with zero attached hydrogens (tertiary/aromatic N) is 1. The quantitative estimate of drug-likeness (QED) is 0.232. The van der Waals surface area contributed by atoms with Gasteiger partial charge in [0.15, 0.2) is 0 Å². The van der Waals surface area contributed by atoms with Gasteiger partial charge in [-0.1, -0.05) is 38.1 Å². The van der Waals surface area contributed by atoms with Gasteiger partial charge in [-0.2, -0.15) is 0 Å². The van der Waals surface area contributed by atoms with Crippen LogP contribution in [0.5, 0.6) is 0 Å². The normalized spacial score (nSPS) is 12.5. The molecule has 0 heterocycles. The zero-order chi connectivity index (χ0) is 14.3. The molecule has 1 rings (SSSR count). The first-order valence-electron chi connectivity index (χ1n) is 6.80. The maximum Gasteiger partial charge on any atom is 0.144 e. The van der Waals surface area contributed by atoms with E-state index in [2.05, 4.69) is 41.7 Å². The molecule has 0 saturated carbocycles. The minimum atomic E-state index is -0.261. The summed E-state index contributed by atoms with van der Waals surface area (Å²) in [5.41, 5.74) is 7.88. The Balaban J connectivity index is 2.34. The number of anilines is 1. The van der Waals surface area contributed by atoms with Crippen LogP contribution in [0.4, 0.5) is 5.69 Å². The lowest BCUT2D eigenvalue weighted by atomic mass is 9.86. The molecule has 0 saturated heterocycles. The van der Waals surface area contributed by atoms with Gasteiger partial charge in [-0.05, 0) is 37.0 Å². The van der Waals surface area contributed by atoms with Crippen LogP contribution in [0.25, 0.3) is 0 Å². The van der Waals surface area contributed by atoms with Gasteiger partial charge in [0.2, 0.25) is 0 Å². The summed E-state index contributed by atoms with van der Waals surface area (Å²) in [7, 11) is 0. The van der Waals surface area contributed by atoms with E-state index in [9.17, 15) is 0 Å². The van der Waals surface area contributed by atoms with Crippen LogP contribution in [0, 0.1) is 5.41 Å². The molecule has 0 bridgehead atoms. The number of nitrogens with one attached hydrogen (secondary N) is 1. The summed E-state index contributed by atoms with van der Waals surface area (Å²) in [4.78, 5) is 0. The monoisotopic (exact) mass is 263 g/mol. The minimum absolute atomic E-state index is 0.261. The van der Waals surface area contributed by atoms with Crippen molar-refractivity contribution >= 4 is 11.5 Å². The summed E-state index contributed by atoms with van der Waals surface area (Å²) in [6, 6.07) is 8.49. The van der Waals surface area contributed by atoms with Gasteiger partial charge in [0, 0.05) is 17.6 Å². The van der Waals surface area contributed by atoms with E-state index in [0.717, 1.165) is 31.5 Å². The van der Waals surface area contributed by atoms with Crippen LogP contribution in [0.3, 0.4) is 0 Å². The van der Waals surface area contributed by atoms with Crippen molar-refractivity contribution in [3.05, 3.63) is 29.8 Å². The largest absolute Gasteiger partial charge is 0.409 e. The maximum atomic E-state index is 8.70. The fraction of sp³-hybridized carbons (Fsp3) is 0.533. The summed E-state index contributed by atoms with van der Waals surface area (Å²) in [5, 5.41) is 15.2. The van der Waals surface area contributed by atoms with Crippen molar-refractivity contribution in [1.29, 1.82) is 0 Å². The third kappa shape index (κ3) is 4.81. The third-order valence-corrected chi connectivity index (χ3v) is 3.47. The van der Waals surface area contributed by atoms with E-state index in [4.69, 9.17) is 10.9 Å². The molecular weight excluding hydrogens is 238 g/mol. The SMILES string of the molecule is CCc1ccc(NCCCC(C)(C)C(N)=NO)cc1. The molecule has 0 atom stereocenters. The molecule has 0 spiro atoms. The summed E-state index contributed by atoms with van der Waals surface area (Å²) in [6.07, 6.45) is 2.91. The van der Waals surface area contributed by atoms with E-state index in [1.165, 1.54) is 5.56 Å². The Labute approximate surface area is 115 Å². The van der Waals surface area contributed by atoms with Gasteiger partial charge in [0.25, 0.3) is 0 Å². The molecule has 0 amide bonds. The second kappa shape index (κ2) is 7.02. The van der Waals surface area contributed by atoms with Crippen LogP contribution in [0.2, 0.25) is 0 Å². The zero-order valence-corrected chi connectivity index (χ0v) is 12.1. The lowest BCUT2D eigenvalue weighted by Crippen LogP contribution is -2.32. The molecule has 106 valence electrons. The van der Waals surface area contributed by atoms with Gasteiger partial charge < -0.3 is 16.3 Å². The number of hydrogen-bond donors (Lipinski definition) is 3. The van der Waals surface area contributed by atoms with Crippen molar-refractivity contribution in [3.63, 3.8) is 0 Å². The van der Waals surface area contributed by atoms with Gasteiger partial charge in [-0.15, -0.1) is 0 Å². The van der Waals surface area contributed by atoms with Crippen LogP contribution in [-0.2, 0) is 6.42 Å². The first-order valence-corrected chi connectivity index (χ1v) is 6.80. The fourth-order valence-corrected chi connectivity index (χ4v) is 1.88. The van der Waals surface area contributed by atoms with Crippen molar-refractivity contribution < 1.29 is 5.21 Å². The predicted molar refractivity (Wildman–Crippen MR) is 80.7 cm³/mol. The Hall–Kier alpha value is -1.71. The van der Waals surface area contributed by atoms with Crippen molar-refractivity contribution in [2.24, 2.45) is 16.3 Å². The minimum Gasteiger partial charge on any atom is -0.409 e. The number of rotatable bonds is 7. The highest BCUT2D eigenvalue weighted by Crippen LogP contribution is 2.22. The molecule has 0 aromatic heterocycles. The highest BCUT2D eigenvalue weighted by Gasteiger charge is 2.22. The molecule has 4 N–H and O–H groups in total. The van der Waals surface area contributed by atoms with E-state index in [-0.39, 0.29) is 5.41 Å². The van der Waals surface area contributed by atoms with E-state index < -0.39 is 0 Å². The predicted octanol–water partition coefficient (Wildman–Crippen LogP) is 3.21. The Bertz CT molecular complexity index is 410. The summed E-state index contributed by atoms with van der Waals surface area (Å²) < 4.78 is 0. The smallest absolute Gasteiger partial charge is 0.144 e. The summed E-state index contributed by atoms with van der Waals surface area (Å²) in [6.45, 7) is 7.00. The molecule has 19 heavy (non-hydrogen) atoms. The Morgan fingerprint density at radius 3 is 2.47 bits per heavy atom. The molecule has 1 aromatic rings. The molecular formula is C15H25N3O. The second-order valence-corrected chi connectivity index (χ2v) is 5.45. The molecule has 0 aliphatic carbocycles. The van der Waals surface area contributed by atoms with E-state index in [1.54, 1.807) is 0 Å². The summed E-state index contributed by atoms with van der Waals surface area (Å²) in [5.74, 6) is 0.291. The van der Waals surface area contributed by atoms with Crippen molar-refractivity contribution in [2.75, 3.05) is 11.9 Å². The molecule has 0 aliphatic rings. The summed E-state index contributed by atoms with van der Waals surface area (Å²) >= 11 is 0. The van der Waals surface area contributed by atoms with Gasteiger partial charge in [0.05, 0.1) is 0 Å². The zero-order valence-electron chi connectivity index (χ0n) is 12.1. The Morgan fingerprint density at radius 2 is 1.95 bits per heavy atom. The standard InChI is InChI=1S/C15H25N3O/c1-4-12-6-8-13(9-7-12)17-11-5-10-15(2,3)14(16)18-19/h6-9,17,19H,4-5,10-11H2,1-3H3,(H2,16,18). The molecule has 4 heteroatoms. The fourth-order valence-electron chi connectivity index (χ4n) is 1.88. The van der Waals surface area contributed by atoms with Crippen LogP contribution >= 0.6 is 0 Å². The van der Waals surface area contributed by atoms with Crippen LogP contribution in [0.1, 0.15) is 39.2 Å². The van der Waals surface area contributed by atoms with Crippen molar-refractivity contribution in [2.45, 2.75) is 40.0 Å². The highest BCUT2D eigenvalue weighted by molar-refractivity contribution is 5.85. The highest BCUT2D eigenvalue weighted by atomic mass is 16.4. The average molecular weight is 263 g/mol. The molecule has 4 nitrogen and oxygen atoms in total. The number of aryl methyl sites for hydroxylation is 1. The Kier molecular flexibility index (Phi) is 5.67. The number of hydrogen-bond acceptors (Lipinski definition) is 3. The van der Waals surface area contributed by atoms with Gasteiger partial charge >= 0.3 is 0 Å². The molecule has 0 radical (unpaired) electrons. The van der Waals surface area contributed by atoms with Crippen LogP contribution in [-0.4, -0.2) is 17.6 Å². The van der Waals surface area contributed by atoms with E-state index >= 15 is 0 Å². The van der Waals surface area contributed by atoms with Crippen LogP contribution in [0.15, 0.2) is 29.4 Å².